The van der Waals surface area contributed by atoms with Gasteiger partial charge in [-0.05, 0) is 37.6 Å². The molecule has 0 atom stereocenters. The van der Waals surface area contributed by atoms with Crippen molar-refractivity contribution in [2.45, 2.75) is 19.4 Å². The fourth-order valence-electron chi connectivity index (χ4n) is 1.61. The molecule has 0 spiro atoms. The Morgan fingerprint density at radius 3 is 2.83 bits per heavy atom. The predicted molar refractivity (Wildman–Crippen MR) is 74.0 cm³/mol. The normalized spacial score (nSPS) is 11.7. The minimum atomic E-state index is -0.383. The van der Waals surface area contributed by atoms with Crippen LogP contribution in [0.25, 0.3) is 6.08 Å². The van der Waals surface area contributed by atoms with E-state index in [9.17, 15) is 4.79 Å². The van der Waals surface area contributed by atoms with Gasteiger partial charge in [0.2, 0.25) is 5.91 Å². The molecule has 0 radical (unpaired) electrons. The van der Waals surface area contributed by atoms with E-state index in [1.54, 1.807) is 19.3 Å². The number of benzene rings is 1. The van der Waals surface area contributed by atoms with E-state index in [0.29, 0.717) is 12.3 Å². The first-order valence-electron chi connectivity index (χ1n) is 5.78. The molecule has 18 heavy (non-hydrogen) atoms. The number of hydrogen-bond donors (Lipinski definition) is 2. The molecule has 0 aromatic heterocycles. The second-order valence-electron chi connectivity index (χ2n) is 4.81. The third-order valence-corrected chi connectivity index (χ3v) is 2.30. The number of nitrogens with one attached hydrogen (secondary N) is 1. The minimum Gasteiger partial charge on any atom is -0.399 e. The molecule has 0 aliphatic rings. The van der Waals surface area contributed by atoms with Crippen molar-refractivity contribution in [3.8, 4) is 0 Å². The molecule has 4 nitrogen and oxygen atoms in total. The molecule has 4 heteroatoms. The molecule has 1 rings (SSSR count). The Morgan fingerprint density at radius 1 is 1.50 bits per heavy atom. The zero-order valence-corrected chi connectivity index (χ0v) is 11.1. The van der Waals surface area contributed by atoms with Crippen molar-refractivity contribution in [3.63, 3.8) is 0 Å². The number of anilines is 1. The number of amides is 1. The Bertz CT molecular complexity index is 439. The summed E-state index contributed by atoms with van der Waals surface area (Å²) in [5, 5.41) is 2.86. The molecule has 0 saturated heterocycles. The first-order valence-corrected chi connectivity index (χ1v) is 5.78. The van der Waals surface area contributed by atoms with E-state index in [4.69, 9.17) is 10.5 Å². The van der Waals surface area contributed by atoms with E-state index >= 15 is 0 Å². The van der Waals surface area contributed by atoms with Gasteiger partial charge in [0.05, 0.1) is 12.1 Å². The standard InChI is InChI=1S/C14H20N2O2/c1-14(2,10-18-3)16-13(17)8-7-11-5-4-6-12(15)9-11/h4-9H,10,15H2,1-3H3,(H,16,17)/b8-7+. The highest BCUT2D eigenvalue weighted by molar-refractivity contribution is 5.92. The van der Waals surface area contributed by atoms with Crippen LogP contribution in [-0.2, 0) is 9.53 Å². The Hall–Kier alpha value is -1.81. The smallest absolute Gasteiger partial charge is 0.244 e. The van der Waals surface area contributed by atoms with Crippen LogP contribution < -0.4 is 11.1 Å². The predicted octanol–water partition coefficient (Wildman–Crippen LogP) is 1.82. The van der Waals surface area contributed by atoms with E-state index in [1.807, 2.05) is 32.0 Å². The lowest BCUT2D eigenvalue weighted by atomic mass is 10.1. The summed E-state index contributed by atoms with van der Waals surface area (Å²) in [6.07, 6.45) is 3.22. The van der Waals surface area contributed by atoms with Crippen molar-refractivity contribution < 1.29 is 9.53 Å². The highest BCUT2D eigenvalue weighted by Crippen LogP contribution is 2.08. The molecule has 3 N–H and O–H groups in total. The Kier molecular flexibility index (Phi) is 4.92. The fraction of sp³-hybridized carbons (Fsp3) is 0.357. The van der Waals surface area contributed by atoms with E-state index < -0.39 is 0 Å². The first kappa shape index (κ1) is 14.3. The topological polar surface area (TPSA) is 64.3 Å². The number of nitrogens with two attached hydrogens (primary N) is 1. The van der Waals surface area contributed by atoms with Crippen LogP contribution in [0.15, 0.2) is 30.3 Å². The zero-order chi connectivity index (χ0) is 13.6. The van der Waals surface area contributed by atoms with Crippen molar-refractivity contribution in [2.75, 3.05) is 19.5 Å². The third-order valence-electron chi connectivity index (χ3n) is 2.30. The minimum absolute atomic E-state index is 0.153. The van der Waals surface area contributed by atoms with Crippen molar-refractivity contribution in [3.05, 3.63) is 35.9 Å². The van der Waals surface area contributed by atoms with E-state index in [-0.39, 0.29) is 11.4 Å². The summed E-state index contributed by atoms with van der Waals surface area (Å²) in [5.74, 6) is -0.153. The maximum absolute atomic E-state index is 11.7. The molecule has 0 unspecified atom stereocenters. The van der Waals surface area contributed by atoms with Crippen LogP contribution >= 0.6 is 0 Å². The van der Waals surface area contributed by atoms with Gasteiger partial charge in [0, 0.05) is 18.9 Å². The average molecular weight is 248 g/mol. The second kappa shape index (κ2) is 6.21. The Morgan fingerprint density at radius 2 is 2.22 bits per heavy atom. The number of ether oxygens (including phenoxy) is 1. The largest absolute Gasteiger partial charge is 0.399 e. The van der Waals surface area contributed by atoms with Gasteiger partial charge >= 0.3 is 0 Å². The third kappa shape index (κ3) is 5.01. The van der Waals surface area contributed by atoms with E-state index in [2.05, 4.69) is 5.32 Å². The van der Waals surface area contributed by atoms with Gasteiger partial charge in [-0.2, -0.15) is 0 Å². The highest BCUT2D eigenvalue weighted by atomic mass is 16.5. The SMILES string of the molecule is COCC(C)(C)NC(=O)/C=C/c1cccc(N)c1. The van der Waals surface area contributed by atoms with Gasteiger partial charge in [-0.25, -0.2) is 0 Å². The summed E-state index contributed by atoms with van der Waals surface area (Å²) in [5.41, 5.74) is 6.85. The lowest BCUT2D eigenvalue weighted by Gasteiger charge is -2.24. The Labute approximate surface area is 108 Å². The molecule has 0 fully saturated rings. The lowest BCUT2D eigenvalue weighted by Crippen LogP contribution is -2.46. The zero-order valence-electron chi connectivity index (χ0n) is 11.1. The number of hydrogen-bond acceptors (Lipinski definition) is 3. The van der Waals surface area contributed by atoms with Gasteiger partial charge in [-0.3, -0.25) is 4.79 Å². The summed E-state index contributed by atoms with van der Waals surface area (Å²) in [6.45, 7) is 4.27. The molecular weight excluding hydrogens is 228 g/mol. The summed E-state index contributed by atoms with van der Waals surface area (Å²) in [7, 11) is 1.61. The van der Waals surface area contributed by atoms with Crippen LogP contribution in [0.2, 0.25) is 0 Å². The van der Waals surface area contributed by atoms with Crippen LogP contribution in [0.3, 0.4) is 0 Å². The quantitative estimate of drug-likeness (QED) is 0.617. The summed E-state index contributed by atoms with van der Waals surface area (Å²) in [6, 6.07) is 7.35. The van der Waals surface area contributed by atoms with Gasteiger partial charge in [-0.1, -0.05) is 12.1 Å². The summed E-state index contributed by atoms with van der Waals surface area (Å²) < 4.78 is 5.03. The van der Waals surface area contributed by atoms with Gasteiger partial charge in [0.1, 0.15) is 0 Å². The van der Waals surface area contributed by atoms with Crippen LogP contribution in [0.5, 0.6) is 0 Å². The molecule has 0 bridgehead atoms. The maximum atomic E-state index is 11.7. The van der Waals surface area contributed by atoms with Crippen LogP contribution in [0, 0.1) is 0 Å². The maximum Gasteiger partial charge on any atom is 0.244 e. The molecule has 0 heterocycles. The number of methoxy groups -OCH3 is 1. The number of carbonyl (C=O) groups is 1. The van der Waals surface area contributed by atoms with Crippen molar-refractivity contribution >= 4 is 17.7 Å². The number of rotatable bonds is 5. The number of nitrogen functional groups attached to an aromatic ring is 1. The molecule has 0 saturated carbocycles. The molecule has 0 aliphatic heterocycles. The molecule has 1 aromatic carbocycles. The van der Waals surface area contributed by atoms with E-state index in [1.165, 1.54) is 6.08 Å². The van der Waals surface area contributed by atoms with Gasteiger partial charge in [0.15, 0.2) is 0 Å². The molecule has 1 amide bonds. The lowest BCUT2D eigenvalue weighted by molar-refractivity contribution is -0.118. The van der Waals surface area contributed by atoms with Crippen molar-refractivity contribution in [2.24, 2.45) is 0 Å². The van der Waals surface area contributed by atoms with Crippen molar-refractivity contribution in [1.82, 2.24) is 5.32 Å². The molecule has 1 aromatic rings. The second-order valence-corrected chi connectivity index (χ2v) is 4.81. The highest BCUT2D eigenvalue weighted by Gasteiger charge is 2.18. The average Bonchev–Trinajstić information content (AvgIpc) is 2.25. The van der Waals surface area contributed by atoms with E-state index in [0.717, 1.165) is 5.56 Å². The molecule has 0 aliphatic carbocycles. The monoisotopic (exact) mass is 248 g/mol. The van der Waals surface area contributed by atoms with Crippen LogP contribution in [0.1, 0.15) is 19.4 Å². The van der Waals surface area contributed by atoms with Gasteiger partial charge in [0.25, 0.3) is 0 Å². The van der Waals surface area contributed by atoms with Crippen LogP contribution in [0.4, 0.5) is 5.69 Å². The van der Waals surface area contributed by atoms with Crippen molar-refractivity contribution in [1.29, 1.82) is 0 Å². The summed E-state index contributed by atoms with van der Waals surface area (Å²) >= 11 is 0. The van der Waals surface area contributed by atoms with Gasteiger partial charge < -0.3 is 15.8 Å². The van der Waals surface area contributed by atoms with Gasteiger partial charge in [-0.15, -0.1) is 0 Å². The Balaban J connectivity index is 2.60. The number of carbonyl (C=O) groups excluding carboxylic acids is 1. The van der Waals surface area contributed by atoms with Crippen LogP contribution in [-0.4, -0.2) is 25.2 Å². The molecular formula is C14H20N2O2. The first-order chi connectivity index (χ1) is 8.43. The fourth-order valence-corrected chi connectivity index (χ4v) is 1.61. The molecule has 98 valence electrons. The summed E-state index contributed by atoms with van der Waals surface area (Å²) in [4.78, 5) is 11.7.